The first-order valence-corrected chi connectivity index (χ1v) is 9.82. The average molecular weight is 369 g/mol. The molecule has 2 heterocycles. The number of imidazole rings is 2. The molecule has 0 saturated carbocycles. The number of rotatable bonds is 5. The van der Waals surface area contributed by atoms with Gasteiger partial charge in [0.05, 0.1) is 22.1 Å². The van der Waals surface area contributed by atoms with Gasteiger partial charge in [0.2, 0.25) is 0 Å². The van der Waals surface area contributed by atoms with Crippen molar-refractivity contribution >= 4 is 46.0 Å². The molecule has 0 radical (unpaired) electrons. The second kappa shape index (κ2) is 6.69. The van der Waals surface area contributed by atoms with E-state index in [1.807, 2.05) is 13.1 Å². The molecular weight excluding hydrogens is 348 g/mol. The molecule has 128 valence electrons. The van der Waals surface area contributed by atoms with E-state index in [9.17, 15) is 0 Å². The Morgan fingerprint density at radius 1 is 0.960 bits per heavy atom. The third-order valence-corrected chi connectivity index (χ3v) is 5.98. The van der Waals surface area contributed by atoms with E-state index in [0.29, 0.717) is 0 Å². The second-order valence-electron chi connectivity index (χ2n) is 5.96. The van der Waals surface area contributed by atoms with Gasteiger partial charge >= 0.3 is 0 Å². The summed E-state index contributed by atoms with van der Waals surface area (Å²) in [6, 6.07) is 16.7. The van der Waals surface area contributed by atoms with E-state index in [1.165, 1.54) is 16.6 Å². The van der Waals surface area contributed by atoms with Crippen molar-refractivity contribution in [2.24, 2.45) is 7.05 Å². The molecule has 0 aliphatic heterocycles. The number of fused-ring (bicyclic) bond motifs is 2. The molecule has 4 rings (SSSR count). The number of benzene rings is 2. The van der Waals surface area contributed by atoms with Gasteiger partial charge in [-0.15, -0.1) is 0 Å². The van der Waals surface area contributed by atoms with Crippen LogP contribution < -0.4 is 0 Å². The van der Waals surface area contributed by atoms with E-state index >= 15 is 0 Å². The normalized spacial score (nSPS) is 11.6. The second-order valence-corrected chi connectivity index (χ2v) is 7.38. The molecule has 0 saturated heterocycles. The molecule has 2 aromatic carbocycles. The Labute approximate surface area is 156 Å². The number of aryl methyl sites for hydroxylation is 3. The van der Waals surface area contributed by atoms with Gasteiger partial charge in [-0.2, -0.15) is 0 Å². The molecule has 0 aliphatic rings. The van der Waals surface area contributed by atoms with Crippen LogP contribution in [-0.2, 0) is 20.1 Å². The van der Waals surface area contributed by atoms with Gasteiger partial charge in [-0.1, -0.05) is 36.0 Å². The smallest absolute Gasteiger partial charge is 0.180 e. The van der Waals surface area contributed by atoms with Crippen molar-refractivity contribution in [1.29, 1.82) is 0 Å². The van der Waals surface area contributed by atoms with Crippen LogP contribution in [0, 0.1) is 4.77 Å². The lowest BCUT2D eigenvalue weighted by molar-refractivity contribution is 0.698. The van der Waals surface area contributed by atoms with Gasteiger partial charge in [-0.05, 0) is 43.4 Å². The van der Waals surface area contributed by atoms with Crippen molar-refractivity contribution in [2.75, 3.05) is 5.75 Å². The maximum Gasteiger partial charge on any atom is 0.180 e. The van der Waals surface area contributed by atoms with Crippen LogP contribution in [0.5, 0.6) is 0 Å². The Morgan fingerprint density at radius 3 is 2.40 bits per heavy atom. The van der Waals surface area contributed by atoms with Gasteiger partial charge in [0.15, 0.2) is 9.93 Å². The maximum atomic E-state index is 5.62. The molecule has 6 heteroatoms. The topological polar surface area (TPSA) is 27.7 Å². The Hall–Kier alpha value is -2.05. The Kier molecular flexibility index (Phi) is 4.39. The minimum absolute atomic E-state index is 0.866. The molecule has 4 nitrogen and oxygen atoms in total. The Bertz CT molecular complexity index is 1100. The van der Waals surface area contributed by atoms with E-state index in [1.54, 1.807) is 11.8 Å². The molecule has 0 unspecified atom stereocenters. The zero-order valence-electron chi connectivity index (χ0n) is 14.3. The highest BCUT2D eigenvalue weighted by Crippen LogP contribution is 2.25. The summed E-state index contributed by atoms with van der Waals surface area (Å²) >= 11 is 7.42. The lowest BCUT2D eigenvalue weighted by Gasteiger charge is -2.07. The predicted octanol–water partition coefficient (Wildman–Crippen LogP) is 4.87. The minimum atomic E-state index is 0.866. The number of para-hydroxylation sites is 4. The SMILES string of the molecule is CCn1c(SCCn2c(=S)n(C)c3ccccc32)nc2ccccc21. The minimum Gasteiger partial charge on any atom is -0.320 e. The molecule has 0 N–H and O–H groups in total. The zero-order chi connectivity index (χ0) is 17.4. The van der Waals surface area contributed by atoms with Crippen LogP contribution >= 0.6 is 24.0 Å². The Morgan fingerprint density at radius 2 is 1.64 bits per heavy atom. The van der Waals surface area contributed by atoms with Crippen LogP contribution in [0.1, 0.15) is 6.92 Å². The van der Waals surface area contributed by atoms with E-state index in [0.717, 1.165) is 34.3 Å². The van der Waals surface area contributed by atoms with Crippen LogP contribution in [0.2, 0.25) is 0 Å². The van der Waals surface area contributed by atoms with Gasteiger partial charge in [-0.3, -0.25) is 0 Å². The van der Waals surface area contributed by atoms with Crippen LogP contribution in [0.25, 0.3) is 22.1 Å². The fourth-order valence-electron chi connectivity index (χ4n) is 3.28. The fraction of sp³-hybridized carbons (Fsp3) is 0.263. The van der Waals surface area contributed by atoms with Gasteiger partial charge < -0.3 is 13.7 Å². The van der Waals surface area contributed by atoms with E-state index < -0.39 is 0 Å². The summed E-state index contributed by atoms with van der Waals surface area (Å²) < 4.78 is 7.45. The van der Waals surface area contributed by atoms with Gasteiger partial charge in [-0.25, -0.2) is 4.98 Å². The number of aromatic nitrogens is 4. The van der Waals surface area contributed by atoms with Crippen molar-refractivity contribution in [1.82, 2.24) is 18.7 Å². The highest BCUT2D eigenvalue weighted by molar-refractivity contribution is 7.99. The molecule has 0 bridgehead atoms. The fourth-order valence-corrected chi connectivity index (χ4v) is 4.57. The first kappa shape index (κ1) is 16.4. The van der Waals surface area contributed by atoms with Crippen molar-refractivity contribution in [2.45, 2.75) is 25.2 Å². The number of thioether (sulfide) groups is 1. The first-order valence-electron chi connectivity index (χ1n) is 8.43. The van der Waals surface area contributed by atoms with Crippen LogP contribution in [0.3, 0.4) is 0 Å². The molecule has 0 atom stereocenters. The van der Waals surface area contributed by atoms with Gasteiger partial charge in [0.25, 0.3) is 0 Å². The summed E-state index contributed by atoms with van der Waals surface area (Å²) in [5.41, 5.74) is 4.64. The Balaban J connectivity index is 1.60. The molecule has 0 amide bonds. The van der Waals surface area contributed by atoms with E-state index in [2.05, 4.69) is 63.1 Å². The lowest BCUT2D eigenvalue weighted by Crippen LogP contribution is -2.03. The van der Waals surface area contributed by atoms with Crippen molar-refractivity contribution in [3.05, 3.63) is 53.3 Å². The van der Waals surface area contributed by atoms with Crippen LogP contribution in [0.15, 0.2) is 53.7 Å². The molecule has 0 spiro atoms. The van der Waals surface area contributed by atoms with Crippen LogP contribution in [0.4, 0.5) is 0 Å². The van der Waals surface area contributed by atoms with E-state index in [-0.39, 0.29) is 0 Å². The van der Waals surface area contributed by atoms with Crippen LogP contribution in [-0.4, -0.2) is 24.4 Å². The van der Waals surface area contributed by atoms with Gasteiger partial charge in [0.1, 0.15) is 0 Å². The summed E-state index contributed by atoms with van der Waals surface area (Å²) in [5.74, 6) is 0.936. The summed E-state index contributed by atoms with van der Waals surface area (Å²) in [6.45, 7) is 3.97. The molecule has 0 aliphatic carbocycles. The maximum absolute atomic E-state index is 5.62. The molecule has 4 aromatic rings. The lowest BCUT2D eigenvalue weighted by atomic mass is 10.3. The third-order valence-electron chi connectivity index (χ3n) is 4.53. The van der Waals surface area contributed by atoms with Gasteiger partial charge in [0, 0.05) is 25.9 Å². The first-order chi connectivity index (χ1) is 12.2. The number of hydrogen-bond donors (Lipinski definition) is 0. The van der Waals surface area contributed by atoms with Crippen molar-refractivity contribution in [3.8, 4) is 0 Å². The summed E-state index contributed by atoms with van der Waals surface area (Å²) in [5, 5.41) is 1.08. The molecule has 2 aromatic heterocycles. The summed E-state index contributed by atoms with van der Waals surface area (Å²) in [4.78, 5) is 4.79. The van der Waals surface area contributed by atoms with Crippen molar-refractivity contribution in [3.63, 3.8) is 0 Å². The monoisotopic (exact) mass is 368 g/mol. The van der Waals surface area contributed by atoms with Crippen molar-refractivity contribution < 1.29 is 0 Å². The highest BCUT2D eigenvalue weighted by Gasteiger charge is 2.11. The number of nitrogens with zero attached hydrogens (tertiary/aromatic N) is 4. The average Bonchev–Trinajstić information content (AvgIpc) is 3.12. The largest absolute Gasteiger partial charge is 0.320 e. The summed E-state index contributed by atoms with van der Waals surface area (Å²) in [7, 11) is 2.03. The zero-order valence-corrected chi connectivity index (χ0v) is 16.0. The quantitative estimate of drug-likeness (QED) is 0.371. The van der Waals surface area contributed by atoms with E-state index in [4.69, 9.17) is 17.2 Å². The summed E-state index contributed by atoms with van der Waals surface area (Å²) in [6.07, 6.45) is 0. The standard InChI is InChI=1S/C19H20N4S2/c1-3-22-15-9-5-4-8-14(15)20-18(22)25-13-12-23-17-11-7-6-10-16(17)21(2)19(23)24/h4-11H,3,12-13H2,1-2H3. The number of hydrogen-bond acceptors (Lipinski definition) is 3. The molecule has 0 fully saturated rings. The predicted molar refractivity (Wildman–Crippen MR) is 108 cm³/mol. The molecule has 25 heavy (non-hydrogen) atoms. The highest BCUT2D eigenvalue weighted by atomic mass is 32.2. The third kappa shape index (κ3) is 2.79. The molecular formula is C19H20N4S2.